The van der Waals surface area contributed by atoms with Gasteiger partial charge in [0.2, 0.25) is 0 Å². The summed E-state index contributed by atoms with van der Waals surface area (Å²) < 4.78 is 179. The molecule has 0 unspecified atom stereocenters. The highest BCUT2D eigenvalue weighted by molar-refractivity contribution is 8.00. The van der Waals surface area contributed by atoms with Gasteiger partial charge in [0.15, 0.2) is 0 Å². The third-order valence-electron chi connectivity index (χ3n) is 2.82. The Labute approximate surface area is 121 Å². The summed E-state index contributed by atoms with van der Waals surface area (Å²) in [4.78, 5) is 0. The van der Waals surface area contributed by atoms with E-state index in [0.717, 1.165) is 0 Å². The monoisotopic (exact) mass is 396 g/mol. The van der Waals surface area contributed by atoms with Crippen molar-refractivity contribution in [3.05, 3.63) is 0 Å². The molecule has 0 nitrogen and oxygen atoms in total. The number of halogens is 14. The minimum atomic E-state index is -7.43. The lowest BCUT2D eigenvalue weighted by Crippen LogP contribution is -2.82. The average molecular weight is 396 g/mol. The van der Waals surface area contributed by atoms with Crippen LogP contribution in [0.5, 0.6) is 0 Å². The van der Waals surface area contributed by atoms with E-state index >= 15 is 0 Å². The molecule has 0 aromatic rings. The summed E-state index contributed by atoms with van der Waals surface area (Å²) in [7, 11) is 0. The molecule has 1 aliphatic rings. The number of alkyl halides is 14. The summed E-state index contributed by atoms with van der Waals surface area (Å²) in [5.41, 5.74) is 0. The summed E-state index contributed by atoms with van der Waals surface area (Å²) in [5, 5.41) is -6.65. The number of rotatable bonds is 2. The molecular formula is C8H2F14S. The van der Waals surface area contributed by atoms with Crippen LogP contribution in [0.1, 0.15) is 0 Å². The summed E-state index contributed by atoms with van der Waals surface area (Å²) in [6, 6.07) is 0. The zero-order valence-electron chi connectivity index (χ0n) is 9.91. The van der Waals surface area contributed by atoms with Crippen LogP contribution < -0.4 is 0 Å². The predicted molar refractivity (Wildman–Crippen MR) is 47.1 cm³/mol. The van der Waals surface area contributed by atoms with E-state index in [9.17, 15) is 61.5 Å². The second-order valence-electron chi connectivity index (χ2n) is 4.37. The topological polar surface area (TPSA) is 0 Å². The van der Waals surface area contributed by atoms with E-state index in [-0.39, 0.29) is 0 Å². The van der Waals surface area contributed by atoms with E-state index in [0.29, 0.717) is 0 Å². The fraction of sp³-hybridized carbons (Fsp3) is 1.00. The highest BCUT2D eigenvalue weighted by atomic mass is 32.2. The van der Waals surface area contributed by atoms with Crippen LogP contribution in [0.2, 0.25) is 0 Å². The molecule has 15 heteroatoms. The van der Waals surface area contributed by atoms with E-state index in [1.54, 1.807) is 0 Å². The Bertz CT molecular complexity index is 446. The first kappa shape index (κ1) is 20.4. The normalized spacial score (nSPS) is 30.0. The second-order valence-corrected chi connectivity index (χ2v) is 5.51. The third-order valence-corrected chi connectivity index (χ3v) is 4.20. The average Bonchev–Trinajstić information content (AvgIpc) is 2.32. The lowest BCUT2D eigenvalue weighted by molar-refractivity contribution is -0.468. The largest absolute Gasteiger partial charge is 0.397 e. The van der Waals surface area contributed by atoms with E-state index in [1.165, 1.54) is 0 Å². The molecule has 1 aliphatic carbocycles. The Morgan fingerprint density at radius 3 is 1.04 bits per heavy atom. The highest BCUT2D eigenvalue weighted by Crippen LogP contribution is 2.72. The Balaban J connectivity index is 3.61. The van der Waals surface area contributed by atoms with Gasteiger partial charge in [0, 0.05) is 0 Å². The van der Waals surface area contributed by atoms with E-state index in [4.69, 9.17) is 0 Å². The molecule has 0 N–H and O–H groups in total. The Hall–Kier alpha value is -0.630. The number of thioether (sulfide) groups is 1. The Morgan fingerprint density at radius 1 is 0.522 bits per heavy atom. The molecule has 1 saturated carbocycles. The molecule has 138 valence electrons. The van der Waals surface area contributed by atoms with Crippen molar-refractivity contribution in [1.29, 1.82) is 0 Å². The van der Waals surface area contributed by atoms with Crippen LogP contribution in [-0.4, -0.2) is 46.5 Å². The molecule has 0 heterocycles. The molecule has 23 heavy (non-hydrogen) atoms. The molecule has 0 aromatic carbocycles. The van der Waals surface area contributed by atoms with Crippen molar-refractivity contribution in [1.82, 2.24) is 0 Å². The zero-order valence-corrected chi connectivity index (χ0v) is 10.7. The van der Waals surface area contributed by atoms with Crippen molar-refractivity contribution < 1.29 is 61.5 Å². The van der Waals surface area contributed by atoms with Crippen molar-refractivity contribution in [2.75, 3.05) is 5.75 Å². The van der Waals surface area contributed by atoms with Gasteiger partial charge in [-0.1, -0.05) is 11.8 Å². The van der Waals surface area contributed by atoms with Crippen LogP contribution in [0.4, 0.5) is 61.5 Å². The van der Waals surface area contributed by atoms with E-state index < -0.39 is 58.3 Å². The van der Waals surface area contributed by atoms with Gasteiger partial charge in [0.1, 0.15) is 0 Å². The van der Waals surface area contributed by atoms with Gasteiger partial charge in [-0.2, -0.15) is 57.1 Å². The lowest BCUT2D eigenvalue weighted by Gasteiger charge is -2.52. The molecular weight excluding hydrogens is 394 g/mol. The maximum atomic E-state index is 13.7. The molecule has 0 radical (unpaired) electrons. The maximum absolute atomic E-state index is 13.7. The van der Waals surface area contributed by atoms with E-state index in [2.05, 4.69) is 0 Å². The van der Waals surface area contributed by atoms with Gasteiger partial charge >= 0.3 is 35.8 Å². The predicted octanol–water partition coefficient (Wildman–Crippen LogP) is 5.14. The fourth-order valence-electron chi connectivity index (χ4n) is 1.56. The second kappa shape index (κ2) is 4.71. The quantitative estimate of drug-likeness (QED) is 0.583. The Morgan fingerprint density at radius 2 is 0.783 bits per heavy atom. The first-order valence-electron chi connectivity index (χ1n) is 4.99. The zero-order chi connectivity index (χ0) is 18.9. The first-order chi connectivity index (χ1) is 9.71. The van der Waals surface area contributed by atoms with Gasteiger partial charge in [0.05, 0.1) is 5.75 Å². The van der Waals surface area contributed by atoms with Crippen LogP contribution in [0, 0.1) is 0 Å². The third kappa shape index (κ3) is 2.20. The van der Waals surface area contributed by atoms with Gasteiger partial charge in [-0.25, -0.2) is 4.39 Å². The SMILES string of the molecule is FC(F)(F)CSC1(F)C(F)(F)C(F)(F)C(F)(F)C(F)(F)C1(F)F. The van der Waals surface area contributed by atoms with Gasteiger partial charge in [-0.3, -0.25) is 0 Å². The van der Waals surface area contributed by atoms with E-state index in [1.807, 2.05) is 0 Å². The van der Waals surface area contributed by atoms with Gasteiger partial charge in [0.25, 0.3) is 5.00 Å². The van der Waals surface area contributed by atoms with Crippen molar-refractivity contribution in [3.63, 3.8) is 0 Å². The summed E-state index contributed by atoms with van der Waals surface area (Å²) in [6.07, 6.45) is -5.72. The van der Waals surface area contributed by atoms with Crippen molar-refractivity contribution in [2.45, 2.75) is 40.8 Å². The minimum absolute atomic E-state index is 2.36. The van der Waals surface area contributed by atoms with Crippen molar-refractivity contribution >= 4 is 11.8 Å². The molecule has 0 aromatic heterocycles. The lowest BCUT2D eigenvalue weighted by atomic mass is 9.80. The van der Waals surface area contributed by atoms with Crippen molar-refractivity contribution in [3.8, 4) is 0 Å². The van der Waals surface area contributed by atoms with Crippen LogP contribution in [0.3, 0.4) is 0 Å². The molecule has 0 saturated heterocycles. The smallest absolute Gasteiger partial charge is 0.218 e. The molecule has 0 spiro atoms. The summed E-state index contributed by atoms with van der Waals surface area (Å²) in [6.45, 7) is 0. The molecule has 0 aliphatic heterocycles. The molecule has 0 bridgehead atoms. The summed E-state index contributed by atoms with van der Waals surface area (Å²) in [5.74, 6) is -39.7. The van der Waals surface area contributed by atoms with Crippen LogP contribution in [0.15, 0.2) is 0 Å². The number of hydrogen-bond donors (Lipinski definition) is 0. The first-order valence-corrected chi connectivity index (χ1v) is 5.98. The molecule has 1 rings (SSSR count). The summed E-state index contributed by atoms with van der Waals surface area (Å²) >= 11 is -2.36. The maximum Gasteiger partial charge on any atom is 0.397 e. The van der Waals surface area contributed by atoms with Crippen LogP contribution >= 0.6 is 11.8 Å². The van der Waals surface area contributed by atoms with Crippen LogP contribution in [-0.2, 0) is 0 Å². The van der Waals surface area contributed by atoms with Crippen molar-refractivity contribution in [2.24, 2.45) is 0 Å². The molecule has 0 atom stereocenters. The Kier molecular flexibility index (Phi) is 4.18. The highest BCUT2D eigenvalue weighted by Gasteiger charge is 3.01. The van der Waals surface area contributed by atoms with Crippen LogP contribution in [0.25, 0.3) is 0 Å². The van der Waals surface area contributed by atoms with Gasteiger partial charge in [-0.05, 0) is 0 Å². The molecule has 1 fully saturated rings. The standard InChI is InChI=1S/C8H2F14S/c9-2(10,11)1-23-8(22)6(18,19)4(14,15)3(12,13)5(16,17)7(8,20)21/h1H2. The van der Waals surface area contributed by atoms with Gasteiger partial charge in [-0.15, -0.1) is 0 Å². The fourth-order valence-corrected chi connectivity index (χ4v) is 2.54. The number of hydrogen-bond acceptors (Lipinski definition) is 1. The van der Waals surface area contributed by atoms with Gasteiger partial charge < -0.3 is 0 Å². The minimum Gasteiger partial charge on any atom is -0.218 e. The molecule has 0 amide bonds.